The third-order valence-electron chi connectivity index (χ3n) is 2.98. The molecule has 0 aromatic heterocycles. The van der Waals surface area contributed by atoms with E-state index in [1.165, 1.54) is 5.56 Å². The second kappa shape index (κ2) is 4.93. The first-order valence-corrected chi connectivity index (χ1v) is 5.53. The molecule has 0 amide bonds. The lowest BCUT2D eigenvalue weighted by molar-refractivity contribution is -0.312. The maximum absolute atomic E-state index is 9.61. The van der Waals surface area contributed by atoms with Gasteiger partial charge < -0.3 is 5.21 Å². The summed E-state index contributed by atoms with van der Waals surface area (Å²) < 4.78 is 0. The van der Waals surface area contributed by atoms with E-state index in [1.807, 2.05) is 25.2 Å². The van der Waals surface area contributed by atoms with Gasteiger partial charge >= 0.3 is 0 Å². The van der Waals surface area contributed by atoms with Gasteiger partial charge in [0.25, 0.3) is 0 Å². The summed E-state index contributed by atoms with van der Waals surface area (Å²) in [6.07, 6.45) is 0.678. The number of likely N-dealkylation sites (N-methyl/N-ethyl adjacent to an activating group) is 1. The van der Waals surface area contributed by atoms with Crippen LogP contribution in [0.25, 0.3) is 0 Å². The highest BCUT2D eigenvalue weighted by Gasteiger charge is 2.32. The Balaban J connectivity index is 2.19. The van der Waals surface area contributed by atoms with Gasteiger partial charge in [0.15, 0.2) is 6.23 Å². The standard InChI is InChI=1S/C12H18N2O2/c1-13-9-8-11(12(16-13)14(2)15)10-6-4-3-5-7-10/h3-7,11-12,15H,8-9H2,1-2H3. The topological polar surface area (TPSA) is 35.9 Å². The van der Waals surface area contributed by atoms with Crippen LogP contribution in [0.5, 0.6) is 0 Å². The van der Waals surface area contributed by atoms with Gasteiger partial charge in [-0.05, 0) is 12.0 Å². The lowest BCUT2D eigenvalue weighted by Gasteiger charge is -2.38. The number of hydroxylamine groups is 4. The van der Waals surface area contributed by atoms with Gasteiger partial charge in [-0.2, -0.15) is 10.1 Å². The van der Waals surface area contributed by atoms with Gasteiger partial charge in [0, 0.05) is 26.6 Å². The molecule has 1 aliphatic rings. The zero-order valence-corrected chi connectivity index (χ0v) is 9.71. The smallest absolute Gasteiger partial charge is 0.160 e. The Kier molecular flexibility index (Phi) is 3.56. The van der Waals surface area contributed by atoms with Gasteiger partial charge in [-0.25, -0.2) is 0 Å². The maximum Gasteiger partial charge on any atom is 0.160 e. The van der Waals surface area contributed by atoms with Crippen molar-refractivity contribution in [3.63, 3.8) is 0 Å². The van der Waals surface area contributed by atoms with Gasteiger partial charge in [-0.3, -0.25) is 4.84 Å². The molecule has 0 radical (unpaired) electrons. The molecule has 1 aliphatic heterocycles. The second-order valence-electron chi connectivity index (χ2n) is 4.23. The van der Waals surface area contributed by atoms with E-state index >= 15 is 0 Å². The SMILES string of the molecule is CN1CCC(c2ccccc2)C(N(C)O)O1. The quantitative estimate of drug-likeness (QED) is 0.772. The highest BCUT2D eigenvalue weighted by atomic mass is 16.7. The molecule has 0 aliphatic carbocycles. The first-order chi connectivity index (χ1) is 7.68. The molecule has 16 heavy (non-hydrogen) atoms. The van der Waals surface area contributed by atoms with Crippen LogP contribution in [0.2, 0.25) is 0 Å². The summed E-state index contributed by atoms with van der Waals surface area (Å²) in [6, 6.07) is 10.2. The Bertz CT molecular complexity index is 329. The molecule has 2 atom stereocenters. The molecule has 88 valence electrons. The highest BCUT2D eigenvalue weighted by molar-refractivity contribution is 5.20. The van der Waals surface area contributed by atoms with Crippen LogP contribution in [0.1, 0.15) is 17.9 Å². The Morgan fingerprint density at radius 2 is 2.06 bits per heavy atom. The van der Waals surface area contributed by atoms with Crippen molar-refractivity contribution in [2.24, 2.45) is 0 Å². The van der Waals surface area contributed by atoms with Crippen LogP contribution < -0.4 is 0 Å². The summed E-state index contributed by atoms with van der Waals surface area (Å²) in [6.45, 7) is 0.879. The summed E-state index contributed by atoms with van der Waals surface area (Å²) in [4.78, 5) is 5.62. The first-order valence-electron chi connectivity index (χ1n) is 5.53. The highest BCUT2D eigenvalue weighted by Crippen LogP contribution is 2.30. The minimum absolute atomic E-state index is 0.215. The zero-order chi connectivity index (χ0) is 11.5. The predicted molar refractivity (Wildman–Crippen MR) is 60.9 cm³/mol. The van der Waals surface area contributed by atoms with Crippen molar-refractivity contribution in [3.05, 3.63) is 35.9 Å². The number of nitrogens with zero attached hydrogens (tertiary/aromatic N) is 2. The van der Waals surface area contributed by atoms with Crippen LogP contribution in [0.4, 0.5) is 0 Å². The molecule has 4 nitrogen and oxygen atoms in total. The van der Waals surface area contributed by atoms with Crippen LogP contribution in [0.3, 0.4) is 0 Å². The van der Waals surface area contributed by atoms with Crippen molar-refractivity contribution in [1.82, 2.24) is 10.1 Å². The molecule has 2 rings (SSSR count). The van der Waals surface area contributed by atoms with Gasteiger partial charge in [-0.1, -0.05) is 30.3 Å². The Morgan fingerprint density at radius 3 is 2.69 bits per heavy atom. The van der Waals surface area contributed by atoms with Crippen molar-refractivity contribution in [1.29, 1.82) is 0 Å². The van der Waals surface area contributed by atoms with E-state index in [-0.39, 0.29) is 12.1 Å². The van der Waals surface area contributed by atoms with Gasteiger partial charge in [0.1, 0.15) is 0 Å². The van der Waals surface area contributed by atoms with E-state index in [0.717, 1.165) is 18.0 Å². The van der Waals surface area contributed by atoms with E-state index in [0.29, 0.717) is 0 Å². The van der Waals surface area contributed by atoms with Crippen molar-refractivity contribution in [2.75, 3.05) is 20.6 Å². The summed E-state index contributed by atoms with van der Waals surface area (Å²) in [5.74, 6) is 0.215. The van der Waals surface area contributed by atoms with E-state index in [9.17, 15) is 5.21 Å². The van der Waals surface area contributed by atoms with Gasteiger partial charge in [0.05, 0.1) is 0 Å². The number of hydrogen-bond acceptors (Lipinski definition) is 4. The predicted octanol–water partition coefficient (Wildman–Crippen LogP) is 1.68. The Hall–Kier alpha value is -0.940. The normalized spacial score (nSPS) is 27.2. The lowest BCUT2D eigenvalue weighted by Crippen LogP contribution is -2.46. The fourth-order valence-corrected chi connectivity index (χ4v) is 2.13. The summed E-state index contributed by atoms with van der Waals surface area (Å²) in [5, 5.41) is 12.5. The Morgan fingerprint density at radius 1 is 1.38 bits per heavy atom. The third-order valence-corrected chi connectivity index (χ3v) is 2.98. The Labute approximate surface area is 96.0 Å². The fraction of sp³-hybridized carbons (Fsp3) is 0.500. The molecule has 2 unspecified atom stereocenters. The van der Waals surface area contributed by atoms with Crippen molar-refractivity contribution >= 4 is 0 Å². The van der Waals surface area contributed by atoms with Crippen LogP contribution in [0, 0.1) is 0 Å². The van der Waals surface area contributed by atoms with Crippen molar-refractivity contribution in [3.8, 4) is 0 Å². The summed E-state index contributed by atoms with van der Waals surface area (Å²) in [7, 11) is 3.51. The molecule has 1 fully saturated rings. The van der Waals surface area contributed by atoms with Crippen LogP contribution in [0.15, 0.2) is 30.3 Å². The largest absolute Gasteiger partial charge is 0.312 e. The number of benzene rings is 1. The summed E-state index contributed by atoms with van der Waals surface area (Å²) in [5.41, 5.74) is 1.21. The van der Waals surface area contributed by atoms with Gasteiger partial charge in [0.2, 0.25) is 0 Å². The summed E-state index contributed by atoms with van der Waals surface area (Å²) >= 11 is 0. The van der Waals surface area contributed by atoms with Crippen LogP contribution >= 0.6 is 0 Å². The van der Waals surface area contributed by atoms with Gasteiger partial charge in [-0.15, -0.1) is 0 Å². The lowest BCUT2D eigenvalue weighted by atomic mass is 9.93. The average Bonchev–Trinajstić information content (AvgIpc) is 2.30. The van der Waals surface area contributed by atoms with Crippen LogP contribution in [-0.2, 0) is 4.84 Å². The minimum atomic E-state index is -0.304. The third kappa shape index (κ3) is 2.41. The fourth-order valence-electron chi connectivity index (χ4n) is 2.13. The molecular weight excluding hydrogens is 204 g/mol. The van der Waals surface area contributed by atoms with Crippen molar-refractivity contribution in [2.45, 2.75) is 18.6 Å². The minimum Gasteiger partial charge on any atom is -0.312 e. The number of hydrogen-bond donors (Lipinski definition) is 1. The van der Waals surface area contributed by atoms with Crippen LogP contribution in [-0.4, -0.2) is 42.2 Å². The molecule has 0 bridgehead atoms. The molecular formula is C12H18N2O2. The van der Waals surface area contributed by atoms with E-state index in [1.54, 1.807) is 12.1 Å². The zero-order valence-electron chi connectivity index (χ0n) is 9.71. The van der Waals surface area contributed by atoms with Crippen molar-refractivity contribution < 1.29 is 10.0 Å². The molecule has 1 heterocycles. The molecule has 0 spiro atoms. The number of rotatable bonds is 2. The monoisotopic (exact) mass is 222 g/mol. The average molecular weight is 222 g/mol. The molecule has 1 aromatic carbocycles. The first kappa shape index (κ1) is 11.5. The second-order valence-corrected chi connectivity index (χ2v) is 4.23. The van der Waals surface area contributed by atoms with E-state index in [2.05, 4.69) is 12.1 Å². The molecule has 0 saturated carbocycles. The van der Waals surface area contributed by atoms with E-state index < -0.39 is 0 Å². The van der Waals surface area contributed by atoms with E-state index in [4.69, 9.17) is 4.84 Å². The maximum atomic E-state index is 9.61. The molecule has 1 saturated heterocycles. The molecule has 1 aromatic rings. The molecule has 1 N–H and O–H groups in total. The molecule has 4 heteroatoms.